The van der Waals surface area contributed by atoms with Crippen LogP contribution in [-0.4, -0.2) is 43.5 Å². The average Bonchev–Trinajstić information content (AvgIpc) is 2.42. The maximum Gasteiger partial charge on any atom is 0.246 e. The summed E-state index contributed by atoms with van der Waals surface area (Å²) in [6.07, 6.45) is 4.29. The molecule has 74 valence electrons. The minimum absolute atomic E-state index is 0.0779. The predicted octanol–water partition coefficient (Wildman–Crippen LogP) is -0.677. The minimum atomic E-state index is 0.0779. The van der Waals surface area contributed by atoms with Gasteiger partial charge in [0.25, 0.3) is 0 Å². The monoisotopic (exact) mass is 183 g/mol. The number of rotatable bonds is 2. The van der Waals surface area contributed by atoms with Crippen molar-refractivity contribution in [2.75, 3.05) is 32.7 Å². The van der Waals surface area contributed by atoms with Crippen molar-refractivity contribution < 1.29 is 4.79 Å². The molecule has 0 unspecified atom stereocenters. The lowest BCUT2D eigenvalue weighted by Gasteiger charge is -2.17. The third kappa shape index (κ3) is 3.57. The van der Waals surface area contributed by atoms with E-state index in [1.54, 1.807) is 12.2 Å². The van der Waals surface area contributed by atoms with Crippen LogP contribution in [0, 0.1) is 0 Å². The second kappa shape index (κ2) is 5.72. The van der Waals surface area contributed by atoms with Gasteiger partial charge in [-0.2, -0.15) is 0 Å². The molecule has 4 nitrogen and oxygen atoms in total. The van der Waals surface area contributed by atoms with Gasteiger partial charge in [0.05, 0.1) is 0 Å². The van der Waals surface area contributed by atoms with E-state index in [9.17, 15) is 4.79 Å². The van der Waals surface area contributed by atoms with Gasteiger partial charge in [-0.15, -0.1) is 0 Å². The van der Waals surface area contributed by atoms with Crippen LogP contribution in [0.4, 0.5) is 0 Å². The lowest BCUT2D eigenvalue weighted by atomic mass is 10.3. The molecule has 0 bridgehead atoms. The summed E-state index contributed by atoms with van der Waals surface area (Å²) >= 11 is 0. The van der Waals surface area contributed by atoms with Crippen molar-refractivity contribution in [1.82, 2.24) is 10.2 Å². The standard InChI is InChI=1S/C9H17N3O/c10-4-1-3-9(13)12-7-2-5-11-6-8-12/h1,3,11H,2,4-8,10H2/b3-1+. The SMILES string of the molecule is NC/C=C/C(=O)N1CCCNCC1. The van der Waals surface area contributed by atoms with Crippen molar-refractivity contribution in [3.63, 3.8) is 0 Å². The van der Waals surface area contributed by atoms with E-state index in [1.165, 1.54) is 0 Å². The van der Waals surface area contributed by atoms with Gasteiger partial charge in [-0.05, 0) is 13.0 Å². The topological polar surface area (TPSA) is 58.4 Å². The maximum atomic E-state index is 11.5. The van der Waals surface area contributed by atoms with Crippen molar-refractivity contribution >= 4 is 5.91 Å². The summed E-state index contributed by atoms with van der Waals surface area (Å²) in [5, 5.41) is 3.25. The highest BCUT2D eigenvalue weighted by atomic mass is 16.2. The Morgan fingerprint density at radius 3 is 3.08 bits per heavy atom. The molecule has 1 aliphatic heterocycles. The minimum Gasteiger partial charge on any atom is -0.338 e. The number of hydrogen-bond acceptors (Lipinski definition) is 3. The first-order valence-corrected chi connectivity index (χ1v) is 4.71. The van der Waals surface area contributed by atoms with Crippen molar-refractivity contribution in [2.45, 2.75) is 6.42 Å². The molecule has 4 heteroatoms. The summed E-state index contributed by atoms with van der Waals surface area (Å²) in [5.74, 6) is 0.0779. The molecule has 1 rings (SSSR count). The highest BCUT2D eigenvalue weighted by Crippen LogP contribution is 1.96. The van der Waals surface area contributed by atoms with Crippen LogP contribution in [0.15, 0.2) is 12.2 Å². The zero-order valence-electron chi connectivity index (χ0n) is 7.83. The summed E-state index contributed by atoms with van der Waals surface area (Å²) in [6, 6.07) is 0. The Labute approximate surface area is 78.8 Å². The Kier molecular flexibility index (Phi) is 4.49. The summed E-state index contributed by atoms with van der Waals surface area (Å²) in [4.78, 5) is 13.3. The number of nitrogens with zero attached hydrogens (tertiary/aromatic N) is 1. The fourth-order valence-electron chi connectivity index (χ4n) is 1.34. The van der Waals surface area contributed by atoms with E-state index in [-0.39, 0.29) is 5.91 Å². The maximum absolute atomic E-state index is 11.5. The predicted molar refractivity (Wildman–Crippen MR) is 52.3 cm³/mol. The van der Waals surface area contributed by atoms with Crippen LogP contribution in [0.3, 0.4) is 0 Å². The molecular formula is C9H17N3O. The quantitative estimate of drug-likeness (QED) is 0.558. The van der Waals surface area contributed by atoms with Gasteiger partial charge in [0.1, 0.15) is 0 Å². The van der Waals surface area contributed by atoms with Gasteiger partial charge in [-0.25, -0.2) is 0 Å². The lowest BCUT2D eigenvalue weighted by molar-refractivity contribution is -0.125. The van der Waals surface area contributed by atoms with Gasteiger partial charge in [-0.1, -0.05) is 6.08 Å². The average molecular weight is 183 g/mol. The van der Waals surface area contributed by atoms with Crippen LogP contribution in [-0.2, 0) is 4.79 Å². The molecule has 0 aliphatic carbocycles. The smallest absolute Gasteiger partial charge is 0.246 e. The van der Waals surface area contributed by atoms with Gasteiger partial charge in [-0.3, -0.25) is 4.79 Å². The molecule has 1 fully saturated rings. The van der Waals surface area contributed by atoms with Gasteiger partial charge in [0, 0.05) is 32.3 Å². The normalized spacial score (nSPS) is 19.0. The first-order chi connectivity index (χ1) is 6.34. The molecule has 0 aromatic heterocycles. The van der Waals surface area contributed by atoms with Crippen LogP contribution in [0.25, 0.3) is 0 Å². The van der Waals surface area contributed by atoms with E-state index in [0.29, 0.717) is 6.54 Å². The number of carbonyl (C=O) groups excluding carboxylic acids is 1. The van der Waals surface area contributed by atoms with Crippen LogP contribution >= 0.6 is 0 Å². The van der Waals surface area contributed by atoms with E-state index in [4.69, 9.17) is 5.73 Å². The second-order valence-corrected chi connectivity index (χ2v) is 3.07. The zero-order chi connectivity index (χ0) is 9.52. The molecule has 0 aromatic rings. The molecule has 13 heavy (non-hydrogen) atoms. The van der Waals surface area contributed by atoms with Crippen LogP contribution in [0.5, 0.6) is 0 Å². The Morgan fingerprint density at radius 2 is 2.31 bits per heavy atom. The van der Waals surface area contributed by atoms with Gasteiger partial charge >= 0.3 is 0 Å². The van der Waals surface area contributed by atoms with Gasteiger partial charge < -0.3 is 16.0 Å². The van der Waals surface area contributed by atoms with E-state index in [0.717, 1.165) is 32.6 Å². The molecule has 1 aliphatic rings. The fraction of sp³-hybridized carbons (Fsp3) is 0.667. The van der Waals surface area contributed by atoms with Gasteiger partial charge in [0.2, 0.25) is 5.91 Å². The number of nitrogens with two attached hydrogens (primary N) is 1. The zero-order valence-corrected chi connectivity index (χ0v) is 7.83. The fourth-order valence-corrected chi connectivity index (χ4v) is 1.34. The molecular weight excluding hydrogens is 166 g/mol. The molecule has 1 saturated heterocycles. The van der Waals surface area contributed by atoms with Crippen molar-refractivity contribution in [2.24, 2.45) is 5.73 Å². The molecule has 3 N–H and O–H groups in total. The van der Waals surface area contributed by atoms with Crippen LogP contribution in [0.1, 0.15) is 6.42 Å². The Balaban J connectivity index is 2.39. The second-order valence-electron chi connectivity index (χ2n) is 3.07. The first-order valence-electron chi connectivity index (χ1n) is 4.71. The highest BCUT2D eigenvalue weighted by molar-refractivity contribution is 5.87. The summed E-state index contributed by atoms with van der Waals surface area (Å²) in [6.45, 7) is 3.97. The third-order valence-corrected chi connectivity index (χ3v) is 2.05. The highest BCUT2D eigenvalue weighted by Gasteiger charge is 2.11. The lowest BCUT2D eigenvalue weighted by Crippen LogP contribution is -2.32. The molecule has 0 saturated carbocycles. The van der Waals surface area contributed by atoms with Crippen molar-refractivity contribution in [1.29, 1.82) is 0 Å². The number of amides is 1. The Hall–Kier alpha value is -0.870. The van der Waals surface area contributed by atoms with Crippen LogP contribution in [0.2, 0.25) is 0 Å². The Bertz CT molecular complexity index is 183. The molecule has 0 aromatic carbocycles. The van der Waals surface area contributed by atoms with E-state index in [1.807, 2.05) is 4.90 Å². The summed E-state index contributed by atoms with van der Waals surface area (Å²) in [7, 11) is 0. The molecule has 0 spiro atoms. The largest absolute Gasteiger partial charge is 0.338 e. The Morgan fingerprint density at radius 1 is 1.46 bits per heavy atom. The molecule has 1 heterocycles. The van der Waals surface area contributed by atoms with Gasteiger partial charge in [0.15, 0.2) is 0 Å². The van der Waals surface area contributed by atoms with E-state index in [2.05, 4.69) is 5.32 Å². The van der Waals surface area contributed by atoms with Crippen molar-refractivity contribution in [3.8, 4) is 0 Å². The summed E-state index contributed by atoms with van der Waals surface area (Å²) in [5.41, 5.74) is 5.27. The number of nitrogens with one attached hydrogen (secondary N) is 1. The van der Waals surface area contributed by atoms with Crippen LogP contribution < -0.4 is 11.1 Å². The summed E-state index contributed by atoms with van der Waals surface area (Å²) < 4.78 is 0. The molecule has 0 atom stereocenters. The van der Waals surface area contributed by atoms with E-state index >= 15 is 0 Å². The van der Waals surface area contributed by atoms with Crippen molar-refractivity contribution in [3.05, 3.63) is 12.2 Å². The van der Waals surface area contributed by atoms with E-state index < -0.39 is 0 Å². The molecule has 0 radical (unpaired) electrons. The molecule has 1 amide bonds. The third-order valence-electron chi connectivity index (χ3n) is 2.05. The number of carbonyl (C=O) groups is 1. The first kappa shape index (κ1) is 10.2. The number of hydrogen-bond donors (Lipinski definition) is 2.